The first-order valence-corrected chi connectivity index (χ1v) is 43.2. The molecule has 0 aliphatic heterocycles. The molecule has 0 fully saturated rings. The van der Waals surface area contributed by atoms with Crippen LogP contribution in [0.1, 0.15) is 49.9 Å². The van der Waals surface area contributed by atoms with E-state index in [0.29, 0.717) is 94.1 Å². The van der Waals surface area contributed by atoms with Crippen molar-refractivity contribution in [1.82, 2.24) is 0 Å². The van der Waals surface area contributed by atoms with Gasteiger partial charge in [0.1, 0.15) is 33.5 Å². The van der Waals surface area contributed by atoms with E-state index in [0.717, 1.165) is 49.2 Å². The number of fused-ring (bicyclic) bond motifs is 20. The first-order valence-electron chi connectivity index (χ1n) is 58.7. The Labute approximate surface area is 817 Å². The number of rotatable bonds is 9. The summed E-state index contributed by atoms with van der Waals surface area (Å²) < 4.78 is 295. The van der Waals surface area contributed by atoms with Crippen LogP contribution in [0.4, 0.5) is 0 Å². The van der Waals surface area contributed by atoms with Crippen LogP contribution in [0.15, 0.2) is 498 Å². The summed E-state index contributed by atoms with van der Waals surface area (Å²) in [4.78, 5) is 0. The Hall–Kier alpha value is -17.5. The minimum atomic E-state index is -0.571. The van der Waals surface area contributed by atoms with Crippen LogP contribution in [-0.2, 0) is 0 Å². The molecule has 0 bridgehead atoms. The average molecular weight is 1740 g/mol. The van der Waals surface area contributed by atoms with Crippen LogP contribution in [0.3, 0.4) is 0 Å². The molecule has 3 aromatic heterocycles. The highest BCUT2D eigenvalue weighted by Gasteiger charge is 2.26. The van der Waals surface area contributed by atoms with Gasteiger partial charge in [0, 0.05) is 32.3 Å². The molecule has 0 atom stereocenters. The Morgan fingerprint density at radius 1 is 0.149 bits per heavy atom. The maximum Gasteiger partial charge on any atom is 0.136 e. The van der Waals surface area contributed by atoms with Crippen LogP contribution in [0.25, 0.3) is 274 Å². The third-order valence-electron chi connectivity index (χ3n) is 25.3. The first-order chi connectivity index (χ1) is 78.9. The van der Waals surface area contributed by atoms with Gasteiger partial charge >= 0.3 is 0 Å². The van der Waals surface area contributed by atoms with Crippen molar-refractivity contribution in [2.45, 2.75) is 7.43 Å². The molecule has 0 spiro atoms. The number of hydrogen-bond donors (Lipinski definition) is 0. The molecule has 28 aromatic rings. The van der Waals surface area contributed by atoms with E-state index in [2.05, 4.69) is 78.9 Å². The third-order valence-corrected chi connectivity index (χ3v) is 25.3. The molecule has 0 aliphatic rings. The monoisotopic (exact) mass is 1740 g/mol. The van der Waals surface area contributed by atoms with E-state index in [1.807, 2.05) is 109 Å². The molecular weight excluding hydrogens is 1620 g/mol. The molecule has 0 N–H and O–H groups in total. The summed E-state index contributed by atoms with van der Waals surface area (Å²) in [7, 11) is 0. The number of para-hydroxylation sites is 1. The summed E-state index contributed by atoms with van der Waals surface area (Å²) in [6, 6.07) is 80.2. The standard InChI is InChI=1S/C52H32O.C42H26O.C36H22O.CH4/c1-2-12-36(13-3-1)50-42-15-6-8-17-44(42)51(45-18-9-7-16-43(45)50)46-19-10-20-49-52(46)47-32-38(28-30-48(47)53-49)34-23-21-33(22-24-34)37-27-29-41-39(31-37)26-25-35-11-4-5-14-40(35)41;1-2-12-28(13-3-1)40-32-15-6-8-17-34(32)41(35-18-9-7-16-33(35)40)37-19-10-20-38-42(37)36-24-23-31(26-39(36)43-38)30-22-21-27-11-4-5-14-29(27)25-30;1-2-12-25-23(10-1)11-9-18-27(25)36-30-16-5-3-14-28(30)35(29-15-4-6-17-31(29)36)24-20-21-34-32(22-24)26-13-7-8-19-33(26)37-34;/h1-32H;1-26H;1-22H;1H4/i6D,7D,8D,9D,15D,16D,17D,18D;4D,5D,6D,7D,8D,9D,11D,14D,15D,16D,17D,18D,21D,22D,25D;3D,4D,5D,6D,14D,15D,16D,17D;. The van der Waals surface area contributed by atoms with Gasteiger partial charge in [-0.3, -0.25) is 0 Å². The topological polar surface area (TPSA) is 39.4 Å². The molecule has 0 amide bonds. The zero-order valence-electron chi connectivity index (χ0n) is 101. The highest BCUT2D eigenvalue weighted by molar-refractivity contribution is 6.29. The molecule has 0 saturated carbocycles. The third kappa shape index (κ3) is 13.2. The van der Waals surface area contributed by atoms with Crippen molar-refractivity contribution in [2.75, 3.05) is 0 Å². The van der Waals surface area contributed by atoms with Crippen LogP contribution in [0.2, 0.25) is 0 Å². The first kappa shape index (κ1) is 52.8. The van der Waals surface area contributed by atoms with E-state index in [4.69, 9.17) is 39.3 Å². The molecule has 0 aliphatic carbocycles. The summed E-state index contributed by atoms with van der Waals surface area (Å²) >= 11 is 0. The van der Waals surface area contributed by atoms with Gasteiger partial charge in [0.2, 0.25) is 0 Å². The zero-order chi connectivity index (χ0) is 115. The summed E-state index contributed by atoms with van der Waals surface area (Å²) in [5, 5.41) is 11.8. The molecular formula is C131H84O3. The van der Waals surface area contributed by atoms with E-state index < -0.39 is 121 Å². The van der Waals surface area contributed by atoms with Crippen molar-refractivity contribution >= 4 is 174 Å². The van der Waals surface area contributed by atoms with Gasteiger partial charge in [0.15, 0.2) is 0 Å². The van der Waals surface area contributed by atoms with E-state index in [1.165, 1.54) is 21.5 Å². The van der Waals surface area contributed by atoms with Gasteiger partial charge in [-0.1, -0.05) is 425 Å². The molecule has 28 rings (SSSR count). The van der Waals surface area contributed by atoms with Gasteiger partial charge in [-0.15, -0.1) is 0 Å². The number of furan rings is 3. The SMILES string of the molecule is C.[2H]c1c([2H])c([2H])c2c(-c3cccc4ccccc34)c3c([2H])c([2H])c([2H])c([2H])c3c(-c3ccc4oc5ccccc5c4c3)c2c1[2H].[2H]c1c([2H])c([2H])c2c(-c3cccc4oc5ccc(-c6ccc(-c7ccc8c(ccc9ccccc98)c7)cc6)cc5c34)c3c([2H])c([2H])c([2H])c([2H])c3c(-c3ccccc3)c2c1[2H].[2H]c1c([2H])c([2H])c2c([2H])c(-c3ccc4c(c3)oc3cccc(-c5c6c([2H])c([2H])c([2H])c([2H])c6c(-c6ccccc6)c6c([2H])c([2H])c([2H])c([2H])c56)c34)c([2H])c([2H])c2c1[2H]. The quantitative estimate of drug-likeness (QED) is 0.107. The average Bonchev–Trinajstić information content (AvgIpc) is 1.66. The van der Waals surface area contributed by atoms with Crippen LogP contribution >= 0.6 is 0 Å². The largest absolute Gasteiger partial charge is 0.456 e. The minimum Gasteiger partial charge on any atom is -0.456 e. The fourth-order valence-corrected chi connectivity index (χ4v) is 19.5. The van der Waals surface area contributed by atoms with Crippen LogP contribution < -0.4 is 0 Å². The second kappa shape index (κ2) is 32.6. The highest BCUT2D eigenvalue weighted by Crippen LogP contribution is 2.52. The van der Waals surface area contributed by atoms with Gasteiger partial charge < -0.3 is 13.3 Å². The fraction of sp³-hybridized carbons (Fsp3) is 0.00763. The normalized spacial score (nSPS) is 14.9. The predicted octanol–water partition coefficient (Wildman–Crippen LogP) is 37.9. The Morgan fingerprint density at radius 2 is 0.493 bits per heavy atom. The predicted molar refractivity (Wildman–Crippen MR) is 572 cm³/mol. The van der Waals surface area contributed by atoms with E-state index in [1.54, 1.807) is 109 Å². The maximum absolute atomic E-state index is 9.40. The summed E-state index contributed by atoms with van der Waals surface area (Å²) in [5.74, 6) is 0. The van der Waals surface area contributed by atoms with Crippen molar-refractivity contribution in [3.63, 3.8) is 0 Å². The number of hydrogen-bond acceptors (Lipinski definition) is 3. The van der Waals surface area contributed by atoms with Crippen molar-refractivity contribution in [3.05, 3.63) is 485 Å². The molecule has 3 heterocycles. The lowest BCUT2D eigenvalue weighted by molar-refractivity contribution is 0.668. The Bertz CT molecular complexity index is 11400. The van der Waals surface area contributed by atoms with Crippen molar-refractivity contribution in [2.24, 2.45) is 0 Å². The summed E-state index contributed by atoms with van der Waals surface area (Å²) in [6.45, 7) is 0. The lowest BCUT2D eigenvalue weighted by Gasteiger charge is -2.18. The fourth-order valence-electron chi connectivity index (χ4n) is 19.5. The van der Waals surface area contributed by atoms with Gasteiger partial charge in [0.25, 0.3) is 0 Å². The molecule has 134 heavy (non-hydrogen) atoms. The smallest absolute Gasteiger partial charge is 0.136 e. The second-order valence-corrected chi connectivity index (χ2v) is 32.6. The molecule has 3 heteroatoms. The lowest BCUT2D eigenvalue weighted by atomic mass is 9.84. The molecule has 0 radical (unpaired) electrons. The zero-order valence-corrected chi connectivity index (χ0v) is 70.0. The van der Waals surface area contributed by atoms with Gasteiger partial charge in [-0.2, -0.15) is 0 Å². The van der Waals surface area contributed by atoms with Crippen molar-refractivity contribution in [1.29, 1.82) is 0 Å². The van der Waals surface area contributed by atoms with E-state index >= 15 is 0 Å². The summed E-state index contributed by atoms with van der Waals surface area (Å²) in [6.07, 6.45) is 0. The van der Waals surface area contributed by atoms with Crippen molar-refractivity contribution < 1.29 is 55.7 Å². The lowest BCUT2D eigenvalue weighted by Crippen LogP contribution is -1.91. The van der Waals surface area contributed by atoms with Crippen LogP contribution in [0.5, 0.6) is 0 Å². The molecule has 626 valence electrons. The van der Waals surface area contributed by atoms with E-state index in [-0.39, 0.29) is 183 Å². The highest BCUT2D eigenvalue weighted by atomic mass is 16.3. The van der Waals surface area contributed by atoms with Crippen LogP contribution in [-0.4, -0.2) is 0 Å². The van der Waals surface area contributed by atoms with Gasteiger partial charge in [0.05, 0.1) is 42.5 Å². The molecule has 0 unspecified atom stereocenters. The summed E-state index contributed by atoms with van der Waals surface area (Å²) in [5.41, 5.74) is 12.1. The molecule has 25 aromatic carbocycles. The second-order valence-electron chi connectivity index (χ2n) is 32.6. The maximum atomic E-state index is 9.40. The molecule has 3 nitrogen and oxygen atoms in total. The Kier molecular flexibility index (Phi) is 12.9. The minimum absolute atomic E-state index is 0. The number of benzene rings is 25. The Morgan fingerprint density at radius 3 is 1.05 bits per heavy atom. The van der Waals surface area contributed by atoms with Crippen LogP contribution in [0, 0.1) is 0 Å². The van der Waals surface area contributed by atoms with Gasteiger partial charge in [-0.25, -0.2) is 0 Å². The Balaban J connectivity index is 0.000000126. The van der Waals surface area contributed by atoms with Crippen molar-refractivity contribution in [3.8, 4) is 100 Å². The van der Waals surface area contributed by atoms with E-state index in [9.17, 15) is 16.4 Å². The molecule has 0 saturated heterocycles. The van der Waals surface area contributed by atoms with Gasteiger partial charge in [-0.05, 0) is 275 Å².